The van der Waals surface area contributed by atoms with Crippen LogP contribution in [0.4, 0.5) is 0 Å². The molecule has 2 aromatic rings. The van der Waals surface area contributed by atoms with Crippen molar-refractivity contribution in [3.8, 4) is 0 Å². The molecule has 0 saturated carbocycles. The van der Waals surface area contributed by atoms with E-state index in [1.54, 1.807) is 17.8 Å². The maximum Gasteiger partial charge on any atom is 0.167 e. The number of hydrogen-bond donors (Lipinski definition) is 1. The van der Waals surface area contributed by atoms with Crippen LogP contribution in [0.15, 0.2) is 24.9 Å². The van der Waals surface area contributed by atoms with E-state index in [1.165, 1.54) is 18.7 Å². The Balaban J connectivity index is 2.34. The van der Waals surface area contributed by atoms with Crippen molar-refractivity contribution < 1.29 is 5.11 Å². The second-order valence-electron chi connectivity index (χ2n) is 2.83. The maximum atomic E-state index is 9.84. The van der Waals surface area contributed by atoms with Gasteiger partial charge in [0, 0.05) is 19.4 Å². The highest BCUT2D eigenvalue weighted by atomic mass is 16.3. The molecule has 6 nitrogen and oxygen atoms in total. The minimum Gasteiger partial charge on any atom is -0.379 e. The molecule has 0 radical (unpaired) electrons. The number of aromatic nitrogens is 5. The highest BCUT2D eigenvalue weighted by molar-refractivity contribution is 5.09. The number of aliphatic hydroxyl groups is 1. The molecule has 1 atom stereocenters. The summed E-state index contributed by atoms with van der Waals surface area (Å²) in [4.78, 5) is 7.85. The van der Waals surface area contributed by atoms with Gasteiger partial charge in [0.25, 0.3) is 0 Å². The van der Waals surface area contributed by atoms with E-state index in [4.69, 9.17) is 0 Å². The first-order valence-corrected chi connectivity index (χ1v) is 4.07. The zero-order valence-electron chi connectivity index (χ0n) is 7.57. The van der Waals surface area contributed by atoms with Crippen LogP contribution in [0.2, 0.25) is 0 Å². The van der Waals surface area contributed by atoms with Crippen molar-refractivity contribution in [1.82, 2.24) is 24.7 Å². The van der Waals surface area contributed by atoms with Gasteiger partial charge in [-0.15, -0.1) is 10.2 Å². The molecule has 0 fully saturated rings. The van der Waals surface area contributed by atoms with E-state index in [-0.39, 0.29) is 0 Å². The Labute approximate surface area is 80.3 Å². The van der Waals surface area contributed by atoms with Gasteiger partial charge in [-0.25, -0.2) is 0 Å². The van der Waals surface area contributed by atoms with Gasteiger partial charge in [0.15, 0.2) is 11.9 Å². The van der Waals surface area contributed by atoms with Crippen LogP contribution in [0.3, 0.4) is 0 Å². The van der Waals surface area contributed by atoms with E-state index >= 15 is 0 Å². The van der Waals surface area contributed by atoms with E-state index < -0.39 is 6.10 Å². The summed E-state index contributed by atoms with van der Waals surface area (Å²) in [6.07, 6.45) is 5.21. The molecular weight excluding hydrogens is 182 g/mol. The first-order valence-electron chi connectivity index (χ1n) is 4.07. The first-order chi connectivity index (χ1) is 6.79. The molecular formula is C8H9N5O. The van der Waals surface area contributed by atoms with E-state index in [1.807, 2.05) is 0 Å². The zero-order chi connectivity index (χ0) is 9.97. The minimum absolute atomic E-state index is 0.450. The average Bonchev–Trinajstić information content (AvgIpc) is 2.65. The van der Waals surface area contributed by atoms with Gasteiger partial charge in [-0.3, -0.25) is 9.97 Å². The molecule has 0 amide bonds. The van der Waals surface area contributed by atoms with Crippen LogP contribution in [-0.2, 0) is 7.05 Å². The van der Waals surface area contributed by atoms with Crippen LogP contribution in [0.1, 0.15) is 17.6 Å². The van der Waals surface area contributed by atoms with Gasteiger partial charge in [0.2, 0.25) is 0 Å². The lowest BCUT2D eigenvalue weighted by Gasteiger charge is -2.07. The highest BCUT2D eigenvalue weighted by Crippen LogP contribution is 2.15. The van der Waals surface area contributed by atoms with Crippen LogP contribution in [-0.4, -0.2) is 29.8 Å². The average molecular weight is 191 g/mol. The van der Waals surface area contributed by atoms with Gasteiger partial charge in [0.1, 0.15) is 6.33 Å². The summed E-state index contributed by atoms with van der Waals surface area (Å²) in [7, 11) is 1.76. The Hall–Kier alpha value is -1.82. The van der Waals surface area contributed by atoms with E-state index in [0.717, 1.165) is 0 Å². The van der Waals surface area contributed by atoms with E-state index in [0.29, 0.717) is 11.5 Å². The van der Waals surface area contributed by atoms with Crippen molar-refractivity contribution in [2.45, 2.75) is 6.10 Å². The lowest BCUT2D eigenvalue weighted by molar-refractivity contribution is 0.200. The Morgan fingerprint density at radius 3 is 2.86 bits per heavy atom. The van der Waals surface area contributed by atoms with Crippen LogP contribution < -0.4 is 0 Å². The number of aryl methyl sites for hydroxylation is 1. The Kier molecular flexibility index (Phi) is 2.19. The van der Waals surface area contributed by atoms with Gasteiger partial charge in [-0.2, -0.15) is 0 Å². The fourth-order valence-electron chi connectivity index (χ4n) is 1.12. The maximum absolute atomic E-state index is 9.84. The van der Waals surface area contributed by atoms with E-state index in [2.05, 4.69) is 20.2 Å². The van der Waals surface area contributed by atoms with Crippen LogP contribution in [0, 0.1) is 0 Å². The third kappa shape index (κ3) is 1.47. The molecule has 2 aromatic heterocycles. The lowest BCUT2D eigenvalue weighted by atomic mass is 10.2. The predicted molar refractivity (Wildman–Crippen MR) is 47.1 cm³/mol. The standard InChI is InChI=1S/C8H9N5O/c1-13-5-11-12-8(13)7(14)6-4-9-2-3-10-6/h2-5,7,14H,1H3. The fourth-order valence-corrected chi connectivity index (χ4v) is 1.12. The monoisotopic (exact) mass is 191 g/mol. The summed E-state index contributed by atoms with van der Waals surface area (Å²) in [5.41, 5.74) is 0.462. The molecule has 0 aromatic carbocycles. The summed E-state index contributed by atoms with van der Waals surface area (Å²) in [6.45, 7) is 0. The molecule has 0 saturated heterocycles. The van der Waals surface area contributed by atoms with Crippen molar-refractivity contribution in [1.29, 1.82) is 0 Å². The van der Waals surface area contributed by atoms with Crippen molar-refractivity contribution in [2.75, 3.05) is 0 Å². The Morgan fingerprint density at radius 1 is 1.43 bits per heavy atom. The lowest BCUT2D eigenvalue weighted by Crippen LogP contribution is -2.08. The van der Waals surface area contributed by atoms with Gasteiger partial charge < -0.3 is 9.67 Å². The second-order valence-corrected chi connectivity index (χ2v) is 2.83. The molecule has 2 rings (SSSR count). The third-order valence-corrected chi connectivity index (χ3v) is 1.85. The smallest absolute Gasteiger partial charge is 0.167 e. The summed E-state index contributed by atoms with van der Waals surface area (Å²) in [5, 5.41) is 17.3. The second kappa shape index (κ2) is 3.51. The summed E-state index contributed by atoms with van der Waals surface area (Å²) < 4.78 is 1.64. The third-order valence-electron chi connectivity index (χ3n) is 1.85. The normalized spacial score (nSPS) is 12.7. The van der Waals surface area contributed by atoms with Crippen LogP contribution in [0.5, 0.6) is 0 Å². The summed E-state index contributed by atoms with van der Waals surface area (Å²) >= 11 is 0. The molecule has 0 aliphatic carbocycles. The minimum atomic E-state index is -0.879. The molecule has 72 valence electrons. The molecule has 1 unspecified atom stereocenters. The van der Waals surface area contributed by atoms with Gasteiger partial charge in [-0.05, 0) is 0 Å². The van der Waals surface area contributed by atoms with Crippen molar-refractivity contribution in [2.24, 2.45) is 7.05 Å². The Morgan fingerprint density at radius 2 is 2.29 bits per heavy atom. The quantitative estimate of drug-likeness (QED) is 0.704. The molecule has 2 heterocycles. The largest absolute Gasteiger partial charge is 0.379 e. The number of nitrogens with zero attached hydrogens (tertiary/aromatic N) is 5. The van der Waals surface area contributed by atoms with Crippen molar-refractivity contribution in [3.05, 3.63) is 36.4 Å². The van der Waals surface area contributed by atoms with Crippen molar-refractivity contribution >= 4 is 0 Å². The summed E-state index contributed by atoms with van der Waals surface area (Å²) in [6, 6.07) is 0. The van der Waals surface area contributed by atoms with E-state index in [9.17, 15) is 5.11 Å². The molecule has 14 heavy (non-hydrogen) atoms. The fraction of sp³-hybridized carbons (Fsp3) is 0.250. The molecule has 1 N–H and O–H groups in total. The summed E-state index contributed by atoms with van der Waals surface area (Å²) in [5.74, 6) is 0.450. The molecule has 0 aliphatic rings. The first kappa shape index (κ1) is 8.76. The van der Waals surface area contributed by atoms with Crippen molar-refractivity contribution in [3.63, 3.8) is 0 Å². The van der Waals surface area contributed by atoms with Crippen LogP contribution >= 0.6 is 0 Å². The van der Waals surface area contributed by atoms with Gasteiger partial charge >= 0.3 is 0 Å². The SMILES string of the molecule is Cn1cnnc1C(O)c1cnccn1. The molecule has 0 bridgehead atoms. The Bertz CT molecular complexity index is 413. The zero-order valence-corrected chi connectivity index (χ0v) is 7.57. The number of rotatable bonds is 2. The van der Waals surface area contributed by atoms with Gasteiger partial charge in [-0.1, -0.05) is 0 Å². The molecule has 6 heteroatoms. The highest BCUT2D eigenvalue weighted by Gasteiger charge is 2.16. The van der Waals surface area contributed by atoms with Crippen LogP contribution in [0.25, 0.3) is 0 Å². The number of hydrogen-bond acceptors (Lipinski definition) is 5. The predicted octanol–water partition coefficient (Wildman–Crippen LogP) is -0.313. The molecule has 0 aliphatic heterocycles. The topological polar surface area (TPSA) is 76.7 Å². The molecule has 0 spiro atoms. The van der Waals surface area contributed by atoms with Gasteiger partial charge in [0.05, 0.1) is 11.9 Å². The number of aliphatic hydroxyl groups excluding tert-OH is 1.